The van der Waals surface area contributed by atoms with E-state index in [2.05, 4.69) is 6.58 Å². The molecule has 0 rings (SSSR count). The first-order valence-electron chi connectivity index (χ1n) is 6.01. The van der Waals surface area contributed by atoms with Crippen molar-refractivity contribution in [2.75, 3.05) is 18.8 Å². The molecule has 0 aromatic carbocycles. The summed E-state index contributed by atoms with van der Waals surface area (Å²) in [7, 11) is -3.40. The van der Waals surface area contributed by atoms with E-state index in [0.717, 1.165) is 12.8 Å². The molecule has 0 N–H and O–H groups in total. The van der Waals surface area contributed by atoms with E-state index >= 15 is 0 Å². The average Bonchev–Trinajstić information content (AvgIpc) is 2.26. The molecule has 0 aliphatic carbocycles. The maximum Gasteiger partial charge on any atom is 0.240 e. The number of amides is 1. The fraction of sp³-hybridized carbons (Fsp3) is 0.750. The first-order valence-corrected chi connectivity index (χ1v) is 7.73. The molecular weight excluding hydrogens is 238 g/mol. The van der Waals surface area contributed by atoms with Crippen molar-refractivity contribution in [1.29, 1.82) is 0 Å². The Morgan fingerprint density at radius 2 is 1.76 bits per heavy atom. The van der Waals surface area contributed by atoms with Crippen LogP contribution in [0.5, 0.6) is 0 Å². The van der Waals surface area contributed by atoms with Gasteiger partial charge in [-0.3, -0.25) is 4.79 Å². The van der Waals surface area contributed by atoms with E-state index in [1.54, 1.807) is 4.90 Å². The molecule has 17 heavy (non-hydrogen) atoms. The molecule has 0 heterocycles. The van der Waals surface area contributed by atoms with Gasteiger partial charge in [0.2, 0.25) is 5.91 Å². The van der Waals surface area contributed by atoms with Crippen molar-refractivity contribution in [3.05, 3.63) is 12.7 Å². The van der Waals surface area contributed by atoms with E-state index in [-0.39, 0.29) is 11.7 Å². The summed E-state index contributed by atoms with van der Waals surface area (Å²) < 4.78 is 23.5. The van der Waals surface area contributed by atoms with E-state index in [1.807, 2.05) is 13.8 Å². The van der Waals surface area contributed by atoms with Gasteiger partial charge in [0.05, 0.1) is 5.75 Å². The third-order valence-corrected chi connectivity index (χ3v) is 4.51. The van der Waals surface area contributed by atoms with E-state index < -0.39 is 15.1 Å². The number of hydrogen-bond acceptors (Lipinski definition) is 3. The van der Waals surface area contributed by atoms with Gasteiger partial charge in [-0.25, -0.2) is 8.42 Å². The first-order chi connectivity index (χ1) is 7.90. The summed E-state index contributed by atoms with van der Waals surface area (Å²) in [5.41, 5.74) is 0. The maximum atomic E-state index is 12.1. The minimum absolute atomic E-state index is 0.147. The third kappa shape index (κ3) is 4.89. The minimum atomic E-state index is -3.40. The summed E-state index contributed by atoms with van der Waals surface area (Å²) in [6.45, 7) is 10.0. The summed E-state index contributed by atoms with van der Waals surface area (Å²) >= 11 is 0. The molecule has 5 heteroatoms. The van der Waals surface area contributed by atoms with Crippen molar-refractivity contribution in [3.8, 4) is 0 Å². The Morgan fingerprint density at radius 3 is 2.12 bits per heavy atom. The van der Waals surface area contributed by atoms with Crippen molar-refractivity contribution < 1.29 is 13.2 Å². The largest absolute Gasteiger partial charge is 0.342 e. The zero-order valence-electron chi connectivity index (χ0n) is 11.0. The fourth-order valence-corrected chi connectivity index (χ4v) is 2.66. The number of carbonyl (C=O) groups excluding carboxylic acids is 1. The molecule has 0 saturated carbocycles. The highest BCUT2D eigenvalue weighted by atomic mass is 32.2. The van der Waals surface area contributed by atoms with Crippen LogP contribution in [0.15, 0.2) is 12.7 Å². The van der Waals surface area contributed by atoms with Crippen LogP contribution in [0.3, 0.4) is 0 Å². The average molecular weight is 261 g/mol. The third-order valence-electron chi connectivity index (χ3n) is 2.54. The van der Waals surface area contributed by atoms with Gasteiger partial charge in [-0.15, -0.1) is 6.58 Å². The minimum Gasteiger partial charge on any atom is -0.342 e. The van der Waals surface area contributed by atoms with Crippen LogP contribution in [0.2, 0.25) is 0 Å². The van der Waals surface area contributed by atoms with Crippen LogP contribution in [0.25, 0.3) is 0 Å². The number of carbonyl (C=O) groups is 1. The molecule has 1 amide bonds. The Bertz CT molecular complexity index is 343. The van der Waals surface area contributed by atoms with E-state index in [9.17, 15) is 13.2 Å². The molecule has 4 nitrogen and oxygen atoms in total. The normalized spacial score (nSPS) is 13.1. The van der Waals surface area contributed by atoms with Crippen molar-refractivity contribution >= 4 is 15.7 Å². The Kier molecular flexibility index (Phi) is 7.11. The topological polar surface area (TPSA) is 54.5 Å². The zero-order chi connectivity index (χ0) is 13.5. The lowest BCUT2D eigenvalue weighted by Crippen LogP contribution is -2.42. The molecular formula is C12H23NO3S. The SMILES string of the molecule is C=CCS(=O)(=O)C(C)C(=O)N(CCC)CCC. The lowest BCUT2D eigenvalue weighted by atomic mass is 10.3. The van der Waals surface area contributed by atoms with Crippen LogP contribution in [-0.4, -0.2) is 43.3 Å². The Balaban J connectivity index is 4.81. The van der Waals surface area contributed by atoms with E-state index in [0.29, 0.717) is 13.1 Å². The molecule has 0 aliphatic heterocycles. The van der Waals surface area contributed by atoms with Crippen molar-refractivity contribution in [1.82, 2.24) is 4.90 Å². The molecule has 0 saturated heterocycles. The van der Waals surface area contributed by atoms with Crippen molar-refractivity contribution in [2.45, 2.75) is 38.9 Å². The van der Waals surface area contributed by atoms with Gasteiger partial charge in [-0.05, 0) is 19.8 Å². The lowest BCUT2D eigenvalue weighted by Gasteiger charge is -2.24. The molecule has 0 aromatic heterocycles. The van der Waals surface area contributed by atoms with Crippen LogP contribution in [-0.2, 0) is 14.6 Å². The summed E-state index contributed by atoms with van der Waals surface area (Å²) in [5.74, 6) is -0.443. The van der Waals surface area contributed by atoms with E-state index in [1.165, 1.54) is 13.0 Å². The van der Waals surface area contributed by atoms with Crippen LogP contribution in [0.1, 0.15) is 33.6 Å². The standard InChI is InChI=1S/C12H23NO3S/c1-5-8-13(9-6-2)12(14)11(4)17(15,16)10-7-3/h7,11H,3,5-6,8-10H2,1-2,4H3. The Labute approximate surface area is 105 Å². The van der Waals surface area contributed by atoms with Gasteiger partial charge in [-0.1, -0.05) is 19.9 Å². The van der Waals surface area contributed by atoms with Crippen LogP contribution < -0.4 is 0 Å². The lowest BCUT2D eigenvalue weighted by molar-refractivity contribution is -0.130. The predicted molar refractivity (Wildman–Crippen MR) is 70.6 cm³/mol. The number of nitrogens with zero attached hydrogens (tertiary/aromatic N) is 1. The van der Waals surface area contributed by atoms with Crippen molar-refractivity contribution in [2.24, 2.45) is 0 Å². The van der Waals surface area contributed by atoms with Crippen LogP contribution >= 0.6 is 0 Å². The Morgan fingerprint density at radius 1 is 1.29 bits per heavy atom. The fourth-order valence-electron chi connectivity index (χ4n) is 1.59. The molecule has 0 spiro atoms. The summed E-state index contributed by atoms with van der Waals surface area (Å²) in [5, 5.41) is -0.974. The smallest absolute Gasteiger partial charge is 0.240 e. The number of sulfone groups is 1. The van der Waals surface area contributed by atoms with Gasteiger partial charge in [0.1, 0.15) is 5.25 Å². The van der Waals surface area contributed by atoms with Gasteiger partial charge in [0.15, 0.2) is 9.84 Å². The molecule has 100 valence electrons. The zero-order valence-corrected chi connectivity index (χ0v) is 11.8. The number of rotatable bonds is 8. The molecule has 0 bridgehead atoms. The second-order valence-corrected chi connectivity index (χ2v) is 6.45. The summed E-state index contributed by atoms with van der Waals surface area (Å²) in [6.07, 6.45) is 2.99. The van der Waals surface area contributed by atoms with E-state index in [4.69, 9.17) is 0 Å². The molecule has 0 aromatic rings. The maximum absolute atomic E-state index is 12.1. The molecule has 1 unspecified atom stereocenters. The summed E-state index contributed by atoms with van der Waals surface area (Å²) in [4.78, 5) is 13.7. The van der Waals surface area contributed by atoms with Gasteiger partial charge in [-0.2, -0.15) is 0 Å². The molecule has 1 atom stereocenters. The highest BCUT2D eigenvalue weighted by molar-refractivity contribution is 7.92. The van der Waals surface area contributed by atoms with Crippen LogP contribution in [0.4, 0.5) is 0 Å². The second kappa shape index (κ2) is 7.48. The highest BCUT2D eigenvalue weighted by Gasteiger charge is 2.29. The van der Waals surface area contributed by atoms with Gasteiger partial charge in [0.25, 0.3) is 0 Å². The molecule has 0 fully saturated rings. The molecule has 0 radical (unpaired) electrons. The summed E-state index contributed by atoms with van der Waals surface area (Å²) in [6, 6.07) is 0. The van der Waals surface area contributed by atoms with Gasteiger partial charge < -0.3 is 4.90 Å². The highest BCUT2D eigenvalue weighted by Crippen LogP contribution is 2.08. The second-order valence-electron chi connectivity index (χ2n) is 4.09. The van der Waals surface area contributed by atoms with Gasteiger partial charge >= 0.3 is 0 Å². The van der Waals surface area contributed by atoms with Crippen LogP contribution in [0, 0.1) is 0 Å². The monoisotopic (exact) mass is 261 g/mol. The quantitative estimate of drug-likeness (QED) is 0.624. The van der Waals surface area contributed by atoms with Crippen molar-refractivity contribution in [3.63, 3.8) is 0 Å². The molecule has 0 aliphatic rings. The number of hydrogen-bond donors (Lipinski definition) is 0. The Hall–Kier alpha value is -0.840. The predicted octanol–water partition coefficient (Wildman–Crippen LogP) is 1.62. The first kappa shape index (κ1) is 16.2. The van der Waals surface area contributed by atoms with Gasteiger partial charge in [0, 0.05) is 13.1 Å².